The first-order valence-electron chi connectivity index (χ1n) is 11.1. The van der Waals surface area contributed by atoms with Crippen LogP contribution in [0.5, 0.6) is 0 Å². The van der Waals surface area contributed by atoms with Gasteiger partial charge in [0.2, 0.25) is 17.8 Å². The number of nitrogens with one attached hydrogen (secondary N) is 2. The van der Waals surface area contributed by atoms with Gasteiger partial charge >= 0.3 is 0 Å². The van der Waals surface area contributed by atoms with Gasteiger partial charge in [-0.05, 0) is 44.2 Å². The average Bonchev–Trinajstić information content (AvgIpc) is 3.17. The number of carbonyl (C=O) groups is 1. The lowest BCUT2D eigenvalue weighted by Gasteiger charge is -2.29. The van der Waals surface area contributed by atoms with Crippen molar-refractivity contribution >= 4 is 57.9 Å². The Balaban J connectivity index is 1.76. The minimum atomic E-state index is -0.547. The maximum atomic E-state index is 13.7. The zero-order valence-corrected chi connectivity index (χ0v) is 20.1. The average molecular weight is 510 g/mol. The van der Waals surface area contributed by atoms with E-state index in [2.05, 4.69) is 25.6 Å². The van der Waals surface area contributed by atoms with Gasteiger partial charge < -0.3 is 21.5 Å². The smallest absolute Gasteiger partial charge is 0.225 e. The largest absolute Gasteiger partial charge is 0.394 e. The Morgan fingerprint density at radius 2 is 1.94 bits per heavy atom. The zero-order valence-electron chi connectivity index (χ0n) is 18.6. The number of halogens is 3. The van der Waals surface area contributed by atoms with E-state index in [1.807, 2.05) is 11.5 Å². The molecular formula is C22H26Cl2FN7O2. The summed E-state index contributed by atoms with van der Waals surface area (Å²) in [5, 5.41) is 16.0. The fraction of sp³-hybridized carbons (Fsp3) is 0.455. The molecule has 2 aromatic heterocycles. The second-order valence-corrected chi connectivity index (χ2v) is 9.23. The molecular weight excluding hydrogens is 484 g/mol. The van der Waals surface area contributed by atoms with Gasteiger partial charge in [0, 0.05) is 12.0 Å². The number of nitrogens with two attached hydrogens (primary N) is 1. The van der Waals surface area contributed by atoms with Crippen molar-refractivity contribution < 1.29 is 14.3 Å². The summed E-state index contributed by atoms with van der Waals surface area (Å²) in [6, 6.07) is 2.13. The van der Waals surface area contributed by atoms with E-state index in [9.17, 15) is 14.3 Å². The van der Waals surface area contributed by atoms with Gasteiger partial charge in [-0.25, -0.2) is 14.4 Å². The molecule has 9 nitrogen and oxygen atoms in total. The summed E-state index contributed by atoms with van der Waals surface area (Å²) in [4.78, 5) is 25.3. The molecule has 1 fully saturated rings. The van der Waals surface area contributed by atoms with Crippen LogP contribution in [0, 0.1) is 11.7 Å². The molecule has 3 aromatic rings. The summed E-state index contributed by atoms with van der Waals surface area (Å²) in [7, 11) is 0. The number of aromatic nitrogens is 4. The van der Waals surface area contributed by atoms with Crippen molar-refractivity contribution in [3.8, 4) is 0 Å². The molecule has 1 saturated carbocycles. The number of benzene rings is 1. The minimum absolute atomic E-state index is 0.0244. The van der Waals surface area contributed by atoms with E-state index in [0.29, 0.717) is 60.9 Å². The molecule has 5 N–H and O–H groups in total. The number of hydrogen-bond acceptors (Lipinski definition) is 7. The number of aliphatic hydroxyl groups excluding tert-OH is 1. The van der Waals surface area contributed by atoms with Gasteiger partial charge in [-0.1, -0.05) is 30.1 Å². The van der Waals surface area contributed by atoms with Crippen LogP contribution in [0.15, 0.2) is 18.3 Å². The van der Waals surface area contributed by atoms with E-state index in [0.717, 1.165) is 0 Å². The Hall–Kier alpha value is -2.69. The normalized spacial score (nSPS) is 19.2. The van der Waals surface area contributed by atoms with Crippen LogP contribution >= 0.6 is 23.2 Å². The number of fused-ring (bicyclic) bond motifs is 1. The number of rotatable bonds is 8. The van der Waals surface area contributed by atoms with Crippen molar-refractivity contribution in [2.24, 2.45) is 11.7 Å². The van der Waals surface area contributed by atoms with Crippen LogP contribution < -0.4 is 16.4 Å². The SMILES string of the molecule is CC[C@@H](CO)Nc1ncc2nc(Nc3c(Cl)cc(F)cc3Cl)n([C@H]3CC[C@@H](C(N)=O)CC3)c2n1. The van der Waals surface area contributed by atoms with Crippen molar-refractivity contribution in [1.29, 1.82) is 0 Å². The van der Waals surface area contributed by atoms with Crippen molar-refractivity contribution in [1.82, 2.24) is 19.5 Å². The Labute approximate surface area is 205 Å². The minimum Gasteiger partial charge on any atom is -0.394 e. The van der Waals surface area contributed by atoms with Crippen molar-refractivity contribution in [2.75, 3.05) is 17.2 Å². The predicted molar refractivity (Wildman–Crippen MR) is 130 cm³/mol. The number of amides is 1. The van der Waals surface area contributed by atoms with E-state index in [4.69, 9.17) is 28.9 Å². The number of nitrogens with zero attached hydrogens (tertiary/aromatic N) is 4. The molecule has 1 aromatic carbocycles. The molecule has 1 aliphatic carbocycles. The van der Waals surface area contributed by atoms with Gasteiger partial charge in [0.15, 0.2) is 5.65 Å². The Morgan fingerprint density at radius 1 is 1.26 bits per heavy atom. The molecule has 182 valence electrons. The molecule has 0 radical (unpaired) electrons. The highest BCUT2D eigenvalue weighted by atomic mass is 35.5. The first-order valence-corrected chi connectivity index (χ1v) is 11.9. The molecule has 0 unspecified atom stereocenters. The fourth-order valence-corrected chi connectivity index (χ4v) is 4.80. The zero-order chi connectivity index (χ0) is 24.4. The second-order valence-electron chi connectivity index (χ2n) is 8.42. The maximum absolute atomic E-state index is 13.7. The monoisotopic (exact) mass is 509 g/mol. The summed E-state index contributed by atoms with van der Waals surface area (Å²) < 4.78 is 15.6. The molecule has 1 aliphatic rings. The molecule has 2 heterocycles. The van der Waals surface area contributed by atoms with Gasteiger partial charge in [-0.2, -0.15) is 4.98 Å². The van der Waals surface area contributed by atoms with Crippen LogP contribution in [0.25, 0.3) is 11.2 Å². The third-order valence-corrected chi connectivity index (χ3v) is 6.78. The molecule has 1 atom stereocenters. The third kappa shape index (κ3) is 5.03. The summed E-state index contributed by atoms with van der Waals surface area (Å²) in [6.07, 6.45) is 4.98. The van der Waals surface area contributed by atoms with Crippen LogP contribution in [0.3, 0.4) is 0 Å². The summed E-state index contributed by atoms with van der Waals surface area (Å²) in [6.45, 7) is 1.90. The number of imidazole rings is 1. The molecule has 1 amide bonds. The summed E-state index contributed by atoms with van der Waals surface area (Å²) in [5.74, 6) is -0.209. The van der Waals surface area contributed by atoms with Crippen LogP contribution in [0.1, 0.15) is 45.1 Å². The first-order chi connectivity index (χ1) is 16.3. The van der Waals surface area contributed by atoms with Crippen molar-refractivity contribution in [3.05, 3.63) is 34.2 Å². The van der Waals surface area contributed by atoms with Gasteiger partial charge in [-0.3, -0.25) is 9.36 Å². The quantitative estimate of drug-likeness (QED) is 0.353. The van der Waals surface area contributed by atoms with E-state index in [1.54, 1.807) is 6.20 Å². The molecule has 12 heteroatoms. The summed E-state index contributed by atoms with van der Waals surface area (Å²) in [5.41, 5.74) is 6.95. The standard InChI is InChI=1S/C22H26Cl2FN7O2/c1-2-13(10-33)28-21-27-9-17-20(31-21)32(14-5-3-11(4-6-14)19(26)34)22(29-17)30-18-15(23)7-12(25)8-16(18)24/h7-9,11,13-14,33H,2-6,10H2,1H3,(H2,26,34)(H,29,30)(H,27,28,31)/t11-,13-,14+/m0/s1. The van der Waals surface area contributed by atoms with Gasteiger partial charge in [0.05, 0.1) is 34.6 Å². The van der Waals surface area contributed by atoms with Crippen LogP contribution in [-0.4, -0.2) is 43.2 Å². The van der Waals surface area contributed by atoms with Gasteiger partial charge in [-0.15, -0.1) is 0 Å². The Kier molecular flexibility index (Phi) is 7.39. The predicted octanol–water partition coefficient (Wildman–Crippen LogP) is 4.42. The molecule has 4 rings (SSSR count). The number of aliphatic hydroxyl groups is 1. The second kappa shape index (κ2) is 10.3. The van der Waals surface area contributed by atoms with Crippen molar-refractivity contribution in [3.63, 3.8) is 0 Å². The van der Waals surface area contributed by atoms with Crippen LogP contribution in [-0.2, 0) is 4.79 Å². The van der Waals surface area contributed by atoms with Crippen molar-refractivity contribution in [2.45, 2.75) is 51.1 Å². The highest BCUT2D eigenvalue weighted by molar-refractivity contribution is 6.39. The molecule has 0 saturated heterocycles. The molecule has 0 aliphatic heterocycles. The third-order valence-electron chi connectivity index (χ3n) is 6.19. The van der Waals surface area contributed by atoms with Crippen LogP contribution in [0.2, 0.25) is 10.0 Å². The lowest BCUT2D eigenvalue weighted by Crippen LogP contribution is -2.29. The lowest BCUT2D eigenvalue weighted by atomic mass is 9.85. The highest BCUT2D eigenvalue weighted by Gasteiger charge is 2.29. The van der Waals surface area contributed by atoms with E-state index >= 15 is 0 Å². The Bertz CT molecular complexity index is 1170. The number of anilines is 3. The van der Waals surface area contributed by atoms with E-state index in [1.165, 1.54) is 12.1 Å². The molecule has 0 spiro atoms. The topological polar surface area (TPSA) is 131 Å². The number of primary amides is 1. The first kappa shape index (κ1) is 24.4. The fourth-order valence-electron chi connectivity index (χ4n) is 4.25. The van der Waals surface area contributed by atoms with E-state index in [-0.39, 0.29) is 40.6 Å². The lowest BCUT2D eigenvalue weighted by molar-refractivity contribution is -0.122. The number of hydrogen-bond donors (Lipinski definition) is 4. The van der Waals surface area contributed by atoms with Gasteiger partial charge in [0.1, 0.15) is 11.3 Å². The number of carbonyl (C=O) groups excluding carboxylic acids is 1. The molecule has 0 bridgehead atoms. The molecule has 34 heavy (non-hydrogen) atoms. The van der Waals surface area contributed by atoms with E-state index < -0.39 is 5.82 Å². The van der Waals surface area contributed by atoms with Gasteiger partial charge in [0.25, 0.3) is 0 Å². The highest BCUT2D eigenvalue weighted by Crippen LogP contribution is 2.39. The van der Waals surface area contributed by atoms with Crippen LogP contribution in [0.4, 0.5) is 22.0 Å². The summed E-state index contributed by atoms with van der Waals surface area (Å²) >= 11 is 12.5. The Morgan fingerprint density at radius 3 is 2.53 bits per heavy atom. The maximum Gasteiger partial charge on any atom is 0.225 e.